The highest BCUT2D eigenvalue weighted by atomic mass is 35.5. The van der Waals surface area contributed by atoms with Crippen LogP contribution in [0, 0.1) is 5.82 Å². The number of nitrogens with zero attached hydrogens (tertiary/aromatic N) is 3. The van der Waals surface area contributed by atoms with Crippen molar-refractivity contribution in [2.45, 2.75) is 0 Å². The SMILES string of the molecule is Fc1ccccc1C=NNc1nc(-c2ccc(Cl)cc2)nc2ccccc12. The van der Waals surface area contributed by atoms with Gasteiger partial charge in [0, 0.05) is 21.5 Å². The third-order valence-corrected chi connectivity index (χ3v) is 4.24. The average molecular weight is 377 g/mol. The number of nitrogens with one attached hydrogen (secondary N) is 1. The number of hydrazone groups is 1. The van der Waals surface area contributed by atoms with Gasteiger partial charge in [-0.25, -0.2) is 14.4 Å². The van der Waals surface area contributed by atoms with Gasteiger partial charge in [0.2, 0.25) is 0 Å². The minimum absolute atomic E-state index is 0.336. The molecule has 1 heterocycles. The quantitative estimate of drug-likeness (QED) is 0.376. The summed E-state index contributed by atoms with van der Waals surface area (Å²) in [7, 11) is 0. The molecule has 0 saturated carbocycles. The molecule has 0 amide bonds. The van der Waals surface area contributed by atoms with Crippen LogP contribution < -0.4 is 5.43 Å². The lowest BCUT2D eigenvalue weighted by Gasteiger charge is -2.08. The summed E-state index contributed by atoms with van der Waals surface area (Å²) < 4.78 is 13.7. The molecule has 0 aliphatic heterocycles. The van der Waals surface area contributed by atoms with Crippen molar-refractivity contribution < 1.29 is 4.39 Å². The van der Waals surface area contributed by atoms with E-state index in [1.807, 2.05) is 36.4 Å². The number of hydrogen-bond donors (Lipinski definition) is 1. The Bertz CT molecular complexity index is 1130. The summed E-state index contributed by atoms with van der Waals surface area (Å²) in [5.41, 5.74) is 4.92. The lowest BCUT2D eigenvalue weighted by Crippen LogP contribution is -1.99. The standard InChI is InChI=1S/C21H14ClFN4/c22-16-11-9-14(10-12-16)20-25-19-8-4-2-6-17(19)21(26-20)27-24-13-15-5-1-3-7-18(15)23/h1-13H,(H,25,26,27). The molecule has 0 fully saturated rings. The summed E-state index contributed by atoms with van der Waals surface area (Å²) in [6.45, 7) is 0. The number of hydrogen-bond acceptors (Lipinski definition) is 4. The van der Waals surface area contributed by atoms with E-state index in [1.54, 1.807) is 30.3 Å². The molecule has 0 bridgehead atoms. The summed E-state index contributed by atoms with van der Waals surface area (Å²) in [5.74, 6) is 0.754. The predicted octanol–water partition coefficient (Wildman–Crippen LogP) is 5.54. The van der Waals surface area contributed by atoms with Crippen LogP contribution in [0.15, 0.2) is 77.9 Å². The zero-order chi connectivity index (χ0) is 18.6. The normalized spacial score (nSPS) is 11.2. The highest BCUT2D eigenvalue weighted by Gasteiger charge is 2.09. The van der Waals surface area contributed by atoms with Crippen LogP contribution in [0.4, 0.5) is 10.2 Å². The first kappa shape index (κ1) is 17.1. The van der Waals surface area contributed by atoms with Gasteiger partial charge in [-0.05, 0) is 42.5 Å². The topological polar surface area (TPSA) is 50.2 Å². The smallest absolute Gasteiger partial charge is 0.162 e. The number of para-hydroxylation sites is 1. The van der Waals surface area contributed by atoms with Gasteiger partial charge in [0.05, 0.1) is 11.7 Å². The molecule has 0 spiro atoms. The van der Waals surface area contributed by atoms with E-state index in [4.69, 9.17) is 11.6 Å². The average Bonchev–Trinajstić information content (AvgIpc) is 2.70. The van der Waals surface area contributed by atoms with Gasteiger partial charge in [0.1, 0.15) is 5.82 Å². The Balaban J connectivity index is 1.72. The molecule has 4 rings (SSSR count). The van der Waals surface area contributed by atoms with Gasteiger partial charge in [-0.15, -0.1) is 0 Å². The van der Waals surface area contributed by atoms with Crippen molar-refractivity contribution in [3.63, 3.8) is 0 Å². The van der Waals surface area contributed by atoms with Crippen LogP contribution in [0.3, 0.4) is 0 Å². The fourth-order valence-corrected chi connectivity index (χ4v) is 2.76. The van der Waals surface area contributed by atoms with Crippen LogP contribution in [0.2, 0.25) is 5.02 Å². The van der Waals surface area contributed by atoms with Gasteiger partial charge in [-0.3, -0.25) is 5.43 Å². The van der Waals surface area contributed by atoms with Crippen molar-refractivity contribution in [1.29, 1.82) is 0 Å². The molecule has 0 radical (unpaired) electrons. The minimum Gasteiger partial charge on any atom is -0.261 e. The zero-order valence-corrected chi connectivity index (χ0v) is 14.9. The Kier molecular flexibility index (Phi) is 4.77. The Morgan fingerprint density at radius 1 is 0.889 bits per heavy atom. The van der Waals surface area contributed by atoms with Gasteiger partial charge >= 0.3 is 0 Å². The van der Waals surface area contributed by atoms with Crippen LogP contribution in [0.25, 0.3) is 22.3 Å². The molecule has 0 unspecified atom stereocenters. The Labute approximate surface area is 160 Å². The fourth-order valence-electron chi connectivity index (χ4n) is 2.63. The Hall–Kier alpha value is -3.31. The highest BCUT2D eigenvalue weighted by molar-refractivity contribution is 6.30. The van der Waals surface area contributed by atoms with Crippen molar-refractivity contribution in [3.8, 4) is 11.4 Å². The number of anilines is 1. The Morgan fingerprint density at radius 3 is 2.44 bits per heavy atom. The zero-order valence-electron chi connectivity index (χ0n) is 14.1. The molecule has 1 aromatic heterocycles. The summed E-state index contributed by atoms with van der Waals surface area (Å²) >= 11 is 5.96. The second kappa shape index (κ2) is 7.51. The molecule has 4 aromatic rings. The molecular weight excluding hydrogens is 363 g/mol. The summed E-state index contributed by atoms with van der Waals surface area (Å²) in [6.07, 6.45) is 1.42. The van der Waals surface area contributed by atoms with E-state index in [-0.39, 0.29) is 5.82 Å². The third kappa shape index (κ3) is 3.78. The maximum Gasteiger partial charge on any atom is 0.162 e. The summed E-state index contributed by atoms with van der Waals surface area (Å²) in [4.78, 5) is 9.19. The number of aromatic nitrogens is 2. The monoisotopic (exact) mass is 376 g/mol. The third-order valence-electron chi connectivity index (χ3n) is 3.98. The van der Waals surface area contributed by atoms with E-state index in [0.717, 1.165) is 16.5 Å². The Morgan fingerprint density at radius 2 is 1.63 bits per heavy atom. The van der Waals surface area contributed by atoms with Crippen molar-refractivity contribution in [2.24, 2.45) is 5.10 Å². The number of halogens is 2. The molecule has 0 aliphatic carbocycles. The number of benzene rings is 3. The van der Waals surface area contributed by atoms with Gasteiger partial charge in [-0.2, -0.15) is 5.10 Å². The van der Waals surface area contributed by atoms with Crippen molar-refractivity contribution >= 4 is 34.5 Å². The summed E-state index contributed by atoms with van der Waals surface area (Å²) in [5, 5.41) is 5.61. The predicted molar refractivity (Wildman–Crippen MR) is 108 cm³/mol. The molecule has 1 N–H and O–H groups in total. The summed E-state index contributed by atoms with van der Waals surface area (Å²) in [6, 6.07) is 21.4. The first-order valence-electron chi connectivity index (χ1n) is 8.27. The van der Waals surface area contributed by atoms with Crippen molar-refractivity contribution in [3.05, 3.63) is 89.2 Å². The fraction of sp³-hybridized carbons (Fsp3) is 0. The first-order valence-corrected chi connectivity index (χ1v) is 8.65. The van der Waals surface area contributed by atoms with Crippen molar-refractivity contribution in [2.75, 3.05) is 5.43 Å². The maximum absolute atomic E-state index is 13.7. The van der Waals surface area contributed by atoms with Crippen LogP contribution in [-0.2, 0) is 0 Å². The molecular formula is C21H14ClFN4. The largest absolute Gasteiger partial charge is 0.261 e. The molecule has 6 heteroatoms. The molecule has 4 nitrogen and oxygen atoms in total. The van der Waals surface area contributed by atoms with Gasteiger partial charge in [-0.1, -0.05) is 41.9 Å². The minimum atomic E-state index is -0.336. The van der Waals surface area contributed by atoms with E-state index < -0.39 is 0 Å². The highest BCUT2D eigenvalue weighted by Crippen LogP contribution is 2.25. The molecule has 27 heavy (non-hydrogen) atoms. The van der Waals surface area contributed by atoms with Gasteiger partial charge in [0.25, 0.3) is 0 Å². The maximum atomic E-state index is 13.7. The van der Waals surface area contributed by atoms with Crippen LogP contribution in [-0.4, -0.2) is 16.2 Å². The van der Waals surface area contributed by atoms with E-state index in [0.29, 0.717) is 22.2 Å². The molecule has 3 aromatic carbocycles. The van der Waals surface area contributed by atoms with Crippen LogP contribution in [0.5, 0.6) is 0 Å². The van der Waals surface area contributed by atoms with Crippen molar-refractivity contribution in [1.82, 2.24) is 9.97 Å². The van der Waals surface area contributed by atoms with Crippen LogP contribution >= 0.6 is 11.6 Å². The van der Waals surface area contributed by atoms with Crippen LogP contribution in [0.1, 0.15) is 5.56 Å². The van der Waals surface area contributed by atoms with E-state index in [1.165, 1.54) is 12.3 Å². The lowest BCUT2D eigenvalue weighted by molar-refractivity contribution is 0.626. The molecule has 0 atom stereocenters. The molecule has 0 aliphatic rings. The van der Waals surface area contributed by atoms with Gasteiger partial charge < -0.3 is 0 Å². The van der Waals surface area contributed by atoms with E-state index >= 15 is 0 Å². The number of rotatable bonds is 4. The molecule has 0 saturated heterocycles. The lowest BCUT2D eigenvalue weighted by atomic mass is 10.2. The number of fused-ring (bicyclic) bond motifs is 1. The van der Waals surface area contributed by atoms with E-state index in [9.17, 15) is 4.39 Å². The van der Waals surface area contributed by atoms with Gasteiger partial charge in [0.15, 0.2) is 11.6 Å². The van der Waals surface area contributed by atoms with E-state index in [2.05, 4.69) is 20.5 Å². The molecule has 132 valence electrons. The second-order valence-electron chi connectivity index (χ2n) is 5.81. The first-order chi connectivity index (χ1) is 13.2. The second-order valence-corrected chi connectivity index (χ2v) is 6.25.